The van der Waals surface area contributed by atoms with Crippen molar-refractivity contribution in [2.45, 2.75) is 57.7 Å². The second kappa shape index (κ2) is 9.13. The predicted molar refractivity (Wildman–Crippen MR) is 90.9 cm³/mol. The van der Waals surface area contributed by atoms with Crippen molar-refractivity contribution in [1.82, 2.24) is 5.32 Å². The van der Waals surface area contributed by atoms with Crippen molar-refractivity contribution in [2.75, 3.05) is 6.61 Å². The smallest absolute Gasteiger partial charge is 0.240 e. The topological polar surface area (TPSA) is 64.3 Å². The molecule has 1 aromatic rings. The van der Waals surface area contributed by atoms with Gasteiger partial charge in [-0.15, -0.1) is 12.4 Å². The minimum absolute atomic E-state index is 0. The summed E-state index contributed by atoms with van der Waals surface area (Å²) in [5, 5.41) is 2.98. The van der Waals surface area contributed by atoms with E-state index in [1.807, 2.05) is 31.2 Å². The molecule has 0 unspecified atom stereocenters. The van der Waals surface area contributed by atoms with Crippen LogP contribution >= 0.6 is 12.4 Å². The molecule has 1 aliphatic rings. The first-order chi connectivity index (χ1) is 10.1. The summed E-state index contributed by atoms with van der Waals surface area (Å²) in [6.07, 6.45) is 4.89. The van der Waals surface area contributed by atoms with Crippen LogP contribution in [0.25, 0.3) is 0 Å². The van der Waals surface area contributed by atoms with Crippen LogP contribution in [-0.4, -0.2) is 18.1 Å². The molecule has 0 bridgehead atoms. The van der Waals surface area contributed by atoms with Gasteiger partial charge in [-0.1, -0.05) is 43.5 Å². The highest BCUT2D eigenvalue weighted by Crippen LogP contribution is 2.26. The Morgan fingerprint density at radius 3 is 2.36 bits per heavy atom. The summed E-state index contributed by atoms with van der Waals surface area (Å²) in [5.41, 5.74) is 7.79. The molecule has 1 aliphatic carbocycles. The standard InChI is InChI=1S/C17H26N2O2.ClH/c1-2-21-13-15-8-6-14(7-9-15)12-19-16(20)17(18)10-4-3-5-11-17;/h6-9H,2-5,10-13,18H2,1H3,(H,19,20);1H. The molecule has 1 aromatic carbocycles. The number of amides is 1. The molecular weight excluding hydrogens is 300 g/mol. The molecule has 124 valence electrons. The number of nitrogens with two attached hydrogens (primary N) is 1. The highest BCUT2D eigenvalue weighted by molar-refractivity contribution is 5.86. The Balaban J connectivity index is 0.00000242. The molecule has 0 spiro atoms. The van der Waals surface area contributed by atoms with E-state index in [1.165, 1.54) is 6.42 Å². The summed E-state index contributed by atoms with van der Waals surface area (Å²) in [5.74, 6) is -0.0133. The van der Waals surface area contributed by atoms with Crippen LogP contribution in [0.15, 0.2) is 24.3 Å². The molecule has 5 heteroatoms. The Morgan fingerprint density at radius 1 is 1.18 bits per heavy atom. The van der Waals surface area contributed by atoms with Crippen molar-refractivity contribution >= 4 is 18.3 Å². The Labute approximate surface area is 139 Å². The van der Waals surface area contributed by atoms with Gasteiger partial charge < -0.3 is 15.8 Å². The van der Waals surface area contributed by atoms with Crippen LogP contribution in [0.5, 0.6) is 0 Å². The molecule has 4 nitrogen and oxygen atoms in total. The fourth-order valence-electron chi connectivity index (χ4n) is 2.74. The molecule has 22 heavy (non-hydrogen) atoms. The number of carbonyl (C=O) groups excluding carboxylic acids is 1. The van der Waals surface area contributed by atoms with Crippen LogP contribution < -0.4 is 11.1 Å². The van der Waals surface area contributed by atoms with Gasteiger partial charge >= 0.3 is 0 Å². The van der Waals surface area contributed by atoms with Gasteiger partial charge in [0.25, 0.3) is 0 Å². The van der Waals surface area contributed by atoms with E-state index in [2.05, 4.69) is 5.32 Å². The average Bonchev–Trinajstić information content (AvgIpc) is 2.52. The summed E-state index contributed by atoms with van der Waals surface area (Å²) in [6.45, 7) is 3.87. The van der Waals surface area contributed by atoms with Crippen molar-refractivity contribution in [3.63, 3.8) is 0 Å². The Bertz CT molecular complexity index is 456. The Kier molecular flexibility index (Phi) is 7.87. The van der Waals surface area contributed by atoms with Crippen molar-refractivity contribution in [2.24, 2.45) is 5.73 Å². The summed E-state index contributed by atoms with van der Waals surface area (Å²) in [6, 6.07) is 8.13. The van der Waals surface area contributed by atoms with Crippen LogP contribution in [0.4, 0.5) is 0 Å². The Hall–Kier alpha value is -1.10. The third kappa shape index (κ3) is 5.27. The first-order valence-electron chi connectivity index (χ1n) is 7.87. The van der Waals surface area contributed by atoms with E-state index in [0.717, 1.165) is 43.4 Å². The van der Waals surface area contributed by atoms with Gasteiger partial charge in [-0.2, -0.15) is 0 Å². The van der Waals surface area contributed by atoms with E-state index >= 15 is 0 Å². The largest absolute Gasteiger partial charge is 0.377 e. The quantitative estimate of drug-likeness (QED) is 0.844. The lowest BCUT2D eigenvalue weighted by Crippen LogP contribution is -2.54. The minimum Gasteiger partial charge on any atom is -0.377 e. The summed E-state index contributed by atoms with van der Waals surface area (Å²) in [7, 11) is 0. The van der Waals surface area contributed by atoms with Crippen LogP contribution in [-0.2, 0) is 22.7 Å². The molecule has 0 aliphatic heterocycles. The normalized spacial score (nSPS) is 16.6. The molecule has 2 rings (SSSR count). The number of hydrogen-bond acceptors (Lipinski definition) is 3. The number of ether oxygens (including phenoxy) is 1. The van der Waals surface area contributed by atoms with Crippen molar-refractivity contribution in [3.05, 3.63) is 35.4 Å². The molecule has 0 saturated heterocycles. The maximum absolute atomic E-state index is 12.2. The predicted octanol–water partition coefficient (Wildman–Crippen LogP) is 2.92. The van der Waals surface area contributed by atoms with Gasteiger partial charge in [0.05, 0.1) is 12.1 Å². The maximum atomic E-state index is 12.2. The monoisotopic (exact) mass is 326 g/mol. The van der Waals surface area contributed by atoms with Gasteiger partial charge in [-0.3, -0.25) is 4.79 Å². The lowest BCUT2D eigenvalue weighted by molar-refractivity contribution is -0.127. The fraction of sp³-hybridized carbons (Fsp3) is 0.588. The lowest BCUT2D eigenvalue weighted by Gasteiger charge is -2.31. The van der Waals surface area contributed by atoms with E-state index in [1.54, 1.807) is 0 Å². The van der Waals surface area contributed by atoms with E-state index in [-0.39, 0.29) is 18.3 Å². The number of rotatable bonds is 6. The summed E-state index contributed by atoms with van der Waals surface area (Å²) >= 11 is 0. The highest BCUT2D eigenvalue weighted by atomic mass is 35.5. The van der Waals surface area contributed by atoms with Crippen molar-refractivity contribution in [1.29, 1.82) is 0 Å². The zero-order valence-corrected chi connectivity index (χ0v) is 14.1. The van der Waals surface area contributed by atoms with Crippen molar-refractivity contribution in [3.8, 4) is 0 Å². The molecule has 1 saturated carbocycles. The molecule has 1 fully saturated rings. The number of benzene rings is 1. The summed E-state index contributed by atoms with van der Waals surface area (Å²) in [4.78, 5) is 12.2. The highest BCUT2D eigenvalue weighted by Gasteiger charge is 2.34. The van der Waals surface area contributed by atoms with Gasteiger partial charge in [-0.25, -0.2) is 0 Å². The minimum atomic E-state index is -0.660. The molecule has 0 atom stereocenters. The van der Waals surface area contributed by atoms with Crippen LogP contribution in [0, 0.1) is 0 Å². The third-order valence-electron chi connectivity index (χ3n) is 4.15. The molecule has 0 aromatic heterocycles. The second-order valence-corrected chi connectivity index (χ2v) is 5.85. The third-order valence-corrected chi connectivity index (χ3v) is 4.15. The van der Waals surface area contributed by atoms with Gasteiger partial charge in [0.15, 0.2) is 0 Å². The number of hydrogen-bond donors (Lipinski definition) is 2. The van der Waals surface area contributed by atoms with Crippen LogP contribution in [0.3, 0.4) is 0 Å². The van der Waals surface area contributed by atoms with Gasteiger partial charge in [0.1, 0.15) is 0 Å². The Morgan fingerprint density at radius 2 is 1.77 bits per heavy atom. The first-order valence-corrected chi connectivity index (χ1v) is 7.87. The van der Waals surface area contributed by atoms with E-state index < -0.39 is 5.54 Å². The van der Waals surface area contributed by atoms with Gasteiger partial charge in [0, 0.05) is 13.2 Å². The summed E-state index contributed by atoms with van der Waals surface area (Å²) < 4.78 is 5.36. The van der Waals surface area contributed by atoms with Crippen LogP contribution in [0.2, 0.25) is 0 Å². The zero-order chi connectivity index (χ0) is 15.1. The lowest BCUT2D eigenvalue weighted by atomic mass is 9.82. The maximum Gasteiger partial charge on any atom is 0.240 e. The zero-order valence-electron chi connectivity index (χ0n) is 13.3. The number of nitrogens with one attached hydrogen (secondary N) is 1. The number of halogens is 1. The fourth-order valence-corrected chi connectivity index (χ4v) is 2.74. The SMILES string of the molecule is CCOCc1ccc(CNC(=O)C2(N)CCCCC2)cc1.Cl. The van der Waals surface area contributed by atoms with E-state index in [9.17, 15) is 4.79 Å². The van der Waals surface area contributed by atoms with Crippen molar-refractivity contribution < 1.29 is 9.53 Å². The van der Waals surface area contributed by atoms with Gasteiger partial charge in [-0.05, 0) is 30.9 Å². The second-order valence-electron chi connectivity index (χ2n) is 5.85. The molecular formula is C17H27ClN2O2. The van der Waals surface area contributed by atoms with E-state index in [0.29, 0.717) is 13.2 Å². The molecule has 1 amide bonds. The van der Waals surface area contributed by atoms with Gasteiger partial charge in [0.2, 0.25) is 5.91 Å². The molecule has 3 N–H and O–H groups in total. The van der Waals surface area contributed by atoms with E-state index in [4.69, 9.17) is 10.5 Å². The first kappa shape index (κ1) is 18.9. The molecule has 0 radical (unpaired) electrons. The average molecular weight is 327 g/mol. The number of carbonyl (C=O) groups is 1. The van der Waals surface area contributed by atoms with Crippen LogP contribution in [0.1, 0.15) is 50.2 Å². The molecule has 0 heterocycles.